The van der Waals surface area contributed by atoms with E-state index in [1.165, 1.54) is 0 Å². The molecular formula is C13H19ClN2O2. The van der Waals surface area contributed by atoms with Crippen molar-refractivity contribution < 1.29 is 9.47 Å². The van der Waals surface area contributed by atoms with Gasteiger partial charge in [0, 0.05) is 18.2 Å². The largest absolute Gasteiger partial charge is 0.495 e. The smallest absolute Gasteiger partial charge is 0.145 e. The molecule has 0 aliphatic heterocycles. The van der Waals surface area contributed by atoms with E-state index in [0.717, 1.165) is 30.7 Å². The van der Waals surface area contributed by atoms with E-state index in [-0.39, 0.29) is 0 Å². The molecule has 2 rings (SSSR count). The van der Waals surface area contributed by atoms with Crippen molar-refractivity contribution >= 4 is 17.3 Å². The highest BCUT2D eigenvalue weighted by Crippen LogP contribution is 2.37. The Morgan fingerprint density at radius 2 is 1.94 bits per heavy atom. The quantitative estimate of drug-likeness (QED) is 0.883. The summed E-state index contributed by atoms with van der Waals surface area (Å²) >= 11 is 6.13. The SMILES string of the molecule is COc1cc(OC)c(NC2CCC(N)C2)cc1Cl. The molecule has 0 bridgehead atoms. The van der Waals surface area contributed by atoms with Gasteiger partial charge in [-0.15, -0.1) is 0 Å². The predicted octanol–water partition coefficient (Wildman–Crippen LogP) is 2.65. The summed E-state index contributed by atoms with van der Waals surface area (Å²) in [6.07, 6.45) is 3.12. The fraction of sp³-hybridized carbons (Fsp3) is 0.538. The van der Waals surface area contributed by atoms with Crippen LogP contribution in [0.4, 0.5) is 5.69 Å². The van der Waals surface area contributed by atoms with Crippen molar-refractivity contribution in [3.8, 4) is 11.5 Å². The van der Waals surface area contributed by atoms with Crippen LogP contribution in [0.3, 0.4) is 0 Å². The van der Waals surface area contributed by atoms with E-state index in [1.807, 2.05) is 6.07 Å². The van der Waals surface area contributed by atoms with Gasteiger partial charge in [0.2, 0.25) is 0 Å². The Balaban J connectivity index is 2.18. The molecule has 1 fully saturated rings. The molecule has 0 heterocycles. The summed E-state index contributed by atoms with van der Waals surface area (Å²) in [5.74, 6) is 1.35. The van der Waals surface area contributed by atoms with Gasteiger partial charge in [0.25, 0.3) is 0 Å². The minimum absolute atomic E-state index is 0.294. The Labute approximate surface area is 112 Å². The van der Waals surface area contributed by atoms with Crippen LogP contribution < -0.4 is 20.5 Å². The number of ether oxygens (including phenoxy) is 2. The number of halogens is 1. The summed E-state index contributed by atoms with van der Waals surface area (Å²) < 4.78 is 10.5. The van der Waals surface area contributed by atoms with Gasteiger partial charge in [0.15, 0.2) is 0 Å². The zero-order valence-corrected chi connectivity index (χ0v) is 11.5. The molecule has 0 spiro atoms. The molecular weight excluding hydrogens is 252 g/mol. The molecule has 3 N–H and O–H groups in total. The minimum atomic E-state index is 0.294. The second-order valence-electron chi connectivity index (χ2n) is 4.60. The molecule has 1 aromatic rings. The van der Waals surface area contributed by atoms with E-state index < -0.39 is 0 Å². The molecule has 0 radical (unpaired) electrons. The molecule has 1 saturated carbocycles. The van der Waals surface area contributed by atoms with E-state index in [2.05, 4.69) is 5.32 Å². The summed E-state index contributed by atoms with van der Waals surface area (Å²) in [6.45, 7) is 0. The standard InChI is InChI=1S/C13H19ClN2O2/c1-17-12-7-13(18-2)11(6-10(12)14)16-9-4-3-8(15)5-9/h6-9,16H,3-5,15H2,1-2H3. The average molecular weight is 271 g/mol. The molecule has 0 aromatic heterocycles. The number of hydrogen-bond acceptors (Lipinski definition) is 4. The third kappa shape index (κ3) is 2.82. The number of rotatable bonds is 4. The van der Waals surface area contributed by atoms with Crippen LogP contribution in [-0.4, -0.2) is 26.3 Å². The van der Waals surface area contributed by atoms with Crippen molar-refractivity contribution in [2.75, 3.05) is 19.5 Å². The summed E-state index contributed by atoms with van der Waals surface area (Å²) in [4.78, 5) is 0. The Kier molecular flexibility index (Phi) is 4.19. The predicted molar refractivity (Wildman–Crippen MR) is 73.8 cm³/mol. The Morgan fingerprint density at radius 3 is 2.50 bits per heavy atom. The molecule has 2 atom stereocenters. The van der Waals surface area contributed by atoms with Crippen LogP contribution >= 0.6 is 11.6 Å². The average Bonchev–Trinajstić information content (AvgIpc) is 2.75. The Hall–Kier alpha value is -1.13. The van der Waals surface area contributed by atoms with Crippen LogP contribution in [0.1, 0.15) is 19.3 Å². The zero-order valence-electron chi connectivity index (χ0n) is 10.7. The van der Waals surface area contributed by atoms with Gasteiger partial charge in [0.1, 0.15) is 11.5 Å². The summed E-state index contributed by atoms with van der Waals surface area (Å²) in [6, 6.07) is 4.31. The highest BCUT2D eigenvalue weighted by molar-refractivity contribution is 6.32. The van der Waals surface area contributed by atoms with Gasteiger partial charge in [-0.25, -0.2) is 0 Å². The van der Waals surface area contributed by atoms with E-state index in [4.69, 9.17) is 26.8 Å². The first-order valence-corrected chi connectivity index (χ1v) is 6.45. The number of benzene rings is 1. The van der Waals surface area contributed by atoms with Gasteiger partial charge >= 0.3 is 0 Å². The molecule has 0 saturated heterocycles. The van der Waals surface area contributed by atoms with Crippen molar-refractivity contribution in [2.45, 2.75) is 31.3 Å². The van der Waals surface area contributed by atoms with Crippen molar-refractivity contribution in [1.29, 1.82) is 0 Å². The van der Waals surface area contributed by atoms with Gasteiger partial charge < -0.3 is 20.5 Å². The number of anilines is 1. The van der Waals surface area contributed by atoms with Gasteiger partial charge in [-0.1, -0.05) is 11.6 Å². The summed E-state index contributed by atoms with van der Waals surface area (Å²) in [7, 11) is 3.22. The highest BCUT2D eigenvalue weighted by Gasteiger charge is 2.22. The van der Waals surface area contributed by atoms with E-state index in [0.29, 0.717) is 22.9 Å². The molecule has 18 heavy (non-hydrogen) atoms. The van der Waals surface area contributed by atoms with Crippen molar-refractivity contribution in [2.24, 2.45) is 5.73 Å². The first-order valence-electron chi connectivity index (χ1n) is 6.07. The van der Waals surface area contributed by atoms with Crippen LogP contribution in [0.25, 0.3) is 0 Å². The van der Waals surface area contributed by atoms with Crippen LogP contribution in [0.15, 0.2) is 12.1 Å². The van der Waals surface area contributed by atoms with Crippen LogP contribution in [0.5, 0.6) is 11.5 Å². The van der Waals surface area contributed by atoms with Crippen molar-refractivity contribution in [1.82, 2.24) is 0 Å². The van der Waals surface area contributed by atoms with Crippen molar-refractivity contribution in [3.05, 3.63) is 17.2 Å². The molecule has 0 amide bonds. The fourth-order valence-corrected chi connectivity index (χ4v) is 2.58. The minimum Gasteiger partial charge on any atom is -0.495 e. The number of methoxy groups -OCH3 is 2. The van der Waals surface area contributed by atoms with E-state index in [1.54, 1.807) is 20.3 Å². The van der Waals surface area contributed by atoms with Gasteiger partial charge in [-0.05, 0) is 25.3 Å². The molecule has 1 aromatic carbocycles. The van der Waals surface area contributed by atoms with Crippen molar-refractivity contribution in [3.63, 3.8) is 0 Å². The second kappa shape index (κ2) is 5.67. The molecule has 4 nitrogen and oxygen atoms in total. The Bertz CT molecular complexity index is 426. The molecule has 2 unspecified atom stereocenters. The Morgan fingerprint density at radius 1 is 1.22 bits per heavy atom. The molecule has 5 heteroatoms. The van der Waals surface area contributed by atoms with Gasteiger partial charge in [0.05, 0.1) is 24.9 Å². The van der Waals surface area contributed by atoms with Crippen LogP contribution in [0.2, 0.25) is 5.02 Å². The normalized spacial score (nSPS) is 22.9. The maximum atomic E-state index is 6.13. The van der Waals surface area contributed by atoms with Gasteiger partial charge in [-0.2, -0.15) is 0 Å². The van der Waals surface area contributed by atoms with Crippen LogP contribution in [0, 0.1) is 0 Å². The van der Waals surface area contributed by atoms with Crippen LogP contribution in [-0.2, 0) is 0 Å². The lowest BCUT2D eigenvalue weighted by molar-refractivity contribution is 0.395. The number of nitrogens with one attached hydrogen (secondary N) is 1. The zero-order chi connectivity index (χ0) is 13.1. The maximum absolute atomic E-state index is 6.13. The lowest BCUT2D eigenvalue weighted by Crippen LogP contribution is -2.21. The highest BCUT2D eigenvalue weighted by atomic mass is 35.5. The summed E-state index contributed by atoms with van der Waals surface area (Å²) in [5, 5.41) is 4.01. The molecule has 1 aliphatic carbocycles. The topological polar surface area (TPSA) is 56.5 Å². The fourth-order valence-electron chi connectivity index (χ4n) is 2.34. The summed E-state index contributed by atoms with van der Waals surface area (Å²) in [5.41, 5.74) is 6.80. The lowest BCUT2D eigenvalue weighted by atomic mass is 10.2. The second-order valence-corrected chi connectivity index (χ2v) is 5.01. The number of nitrogens with two attached hydrogens (primary N) is 1. The first-order chi connectivity index (χ1) is 8.63. The molecule has 100 valence electrons. The third-order valence-corrected chi connectivity index (χ3v) is 3.60. The first kappa shape index (κ1) is 13.3. The molecule has 1 aliphatic rings. The maximum Gasteiger partial charge on any atom is 0.145 e. The third-order valence-electron chi connectivity index (χ3n) is 3.31. The van der Waals surface area contributed by atoms with E-state index in [9.17, 15) is 0 Å². The van der Waals surface area contributed by atoms with Gasteiger partial charge in [-0.3, -0.25) is 0 Å². The monoisotopic (exact) mass is 270 g/mol. The number of hydrogen-bond donors (Lipinski definition) is 2. The lowest BCUT2D eigenvalue weighted by Gasteiger charge is -2.18. The van der Waals surface area contributed by atoms with E-state index >= 15 is 0 Å².